The number of anilines is 1. The Labute approximate surface area is 134 Å². The number of hydrogen-bond acceptors (Lipinski definition) is 4. The minimum atomic E-state index is -0.814. The first-order valence-electron chi connectivity index (χ1n) is 8.21. The quantitative estimate of drug-likeness (QED) is 0.868. The lowest BCUT2D eigenvalue weighted by atomic mass is 10.0. The standard InChI is InChI=1S/C18H30N2O2/c1-14(2)15-6-8-16(9-7-15)19-10-12-20(13-11-19)17(21)22-18(3,4)5/h6-9,14,17,21H,10-13H2,1-5H3. The molecule has 1 N–H and O–H groups in total. The number of benzene rings is 1. The van der Waals surface area contributed by atoms with E-state index in [0.29, 0.717) is 5.92 Å². The van der Waals surface area contributed by atoms with Gasteiger partial charge in [-0.1, -0.05) is 26.0 Å². The van der Waals surface area contributed by atoms with Crippen molar-refractivity contribution in [3.63, 3.8) is 0 Å². The first kappa shape index (κ1) is 17.3. The second kappa shape index (κ2) is 6.99. The predicted octanol–water partition coefficient (Wildman–Crippen LogP) is 3.02. The van der Waals surface area contributed by atoms with Crippen molar-refractivity contribution in [3.8, 4) is 0 Å². The lowest BCUT2D eigenvalue weighted by molar-refractivity contribution is -0.239. The summed E-state index contributed by atoms with van der Waals surface area (Å²) < 4.78 is 5.62. The van der Waals surface area contributed by atoms with Gasteiger partial charge in [0.1, 0.15) is 0 Å². The van der Waals surface area contributed by atoms with Gasteiger partial charge < -0.3 is 14.7 Å². The topological polar surface area (TPSA) is 35.9 Å². The van der Waals surface area contributed by atoms with E-state index in [9.17, 15) is 5.11 Å². The zero-order valence-corrected chi connectivity index (χ0v) is 14.5. The van der Waals surface area contributed by atoms with Crippen molar-refractivity contribution in [1.82, 2.24) is 4.90 Å². The Balaban J connectivity index is 1.89. The van der Waals surface area contributed by atoms with Crippen LogP contribution < -0.4 is 4.90 Å². The fourth-order valence-electron chi connectivity index (χ4n) is 2.66. The average Bonchev–Trinajstić information content (AvgIpc) is 2.46. The minimum absolute atomic E-state index is 0.330. The molecule has 1 fully saturated rings. The van der Waals surface area contributed by atoms with E-state index in [1.54, 1.807) is 0 Å². The van der Waals surface area contributed by atoms with Crippen LogP contribution in [0.15, 0.2) is 24.3 Å². The fraction of sp³-hybridized carbons (Fsp3) is 0.667. The van der Waals surface area contributed by atoms with Gasteiger partial charge in [0.15, 0.2) is 0 Å². The van der Waals surface area contributed by atoms with Crippen LogP contribution in [0, 0.1) is 0 Å². The highest BCUT2D eigenvalue weighted by molar-refractivity contribution is 5.48. The summed E-state index contributed by atoms with van der Waals surface area (Å²) in [5, 5.41) is 10.1. The van der Waals surface area contributed by atoms with Crippen LogP contribution in [-0.4, -0.2) is 48.2 Å². The molecule has 0 spiro atoms. The zero-order chi connectivity index (χ0) is 16.3. The summed E-state index contributed by atoms with van der Waals surface area (Å²) >= 11 is 0. The molecule has 1 aliphatic rings. The second-order valence-electron chi connectivity index (χ2n) is 7.33. The van der Waals surface area contributed by atoms with E-state index >= 15 is 0 Å². The number of ether oxygens (including phenoxy) is 1. The average molecular weight is 306 g/mol. The maximum absolute atomic E-state index is 10.1. The first-order valence-corrected chi connectivity index (χ1v) is 8.21. The van der Waals surface area contributed by atoms with Gasteiger partial charge in [-0.05, 0) is 44.4 Å². The van der Waals surface area contributed by atoms with E-state index in [1.165, 1.54) is 11.3 Å². The number of rotatable bonds is 4. The van der Waals surface area contributed by atoms with Gasteiger partial charge in [0.05, 0.1) is 5.60 Å². The second-order valence-corrected chi connectivity index (χ2v) is 7.33. The molecule has 0 saturated carbocycles. The third-order valence-corrected chi connectivity index (χ3v) is 4.01. The van der Waals surface area contributed by atoms with Crippen LogP contribution in [0.3, 0.4) is 0 Å². The van der Waals surface area contributed by atoms with E-state index in [-0.39, 0.29) is 5.60 Å². The highest BCUT2D eigenvalue weighted by atomic mass is 16.6. The Hall–Kier alpha value is -1.10. The summed E-state index contributed by atoms with van der Waals surface area (Å²) in [5.74, 6) is 0.565. The van der Waals surface area contributed by atoms with Crippen molar-refractivity contribution < 1.29 is 9.84 Å². The molecule has 4 nitrogen and oxygen atoms in total. The molecular formula is C18H30N2O2. The Morgan fingerprint density at radius 2 is 1.55 bits per heavy atom. The van der Waals surface area contributed by atoms with Gasteiger partial charge in [0.2, 0.25) is 6.41 Å². The van der Waals surface area contributed by atoms with Crippen molar-refractivity contribution in [3.05, 3.63) is 29.8 Å². The molecule has 1 aromatic rings. The van der Waals surface area contributed by atoms with Crippen molar-refractivity contribution in [2.24, 2.45) is 0 Å². The molecule has 0 aliphatic carbocycles. The highest BCUT2D eigenvalue weighted by Crippen LogP contribution is 2.22. The SMILES string of the molecule is CC(C)c1ccc(N2CCN(C(O)OC(C)(C)C)CC2)cc1. The molecule has 4 heteroatoms. The van der Waals surface area contributed by atoms with Crippen LogP contribution in [0.25, 0.3) is 0 Å². The summed E-state index contributed by atoms with van der Waals surface area (Å²) in [4.78, 5) is 4.36. The number of aliphatic hydroxyl groups is 1. The molecule has 0 aromatic heterocycles. The van der Waals surface area contributed by atoms with Gasteiger partial charge in [-0.25, -0.2) is 0 Å². The van der Waals surface area contributed by atoms with E-state index in [2.05, 4.69) is 43.0 Å². The molecule has 0 bridgehead atoms. The third-order valence-electron chi connectivity index (χ3n) is 4.01. The van der Waals surface area contributed by atoms with Crippen molar-refractivity contribution in [2.75, 3.05) is 31.1 Å². The normalized spacial score (nSPS) is 18.8. The Morgan fingerprint density at radius 1 is 1.00 bits per heavy atom. The molecule has 1 heterocycles. The fourth-order valence-corrected chi connectivity index (χ4v) is 2.66. The molecule has 124 valence electrons. The number of aliphatic hydroxyl groups excluding tert-OH is 1. The lowest BCUT2D eigenvalue weighted by Gasteiger charge is -2.39. The van der Waals surface area contributed by atoms with Crippen LogP contribution in [-0.2, 0) is 4.74 Å². The Kier molecular flexibility index (Phi) is 5.48. The van der Waals surface area contributed by atoms with E-state index in [1.807, 2.05) is 25.7 Å². The molecule has 2 rings (SSSR count). The minimum Gasteiger partial charge on any atom is -0.369 e. The van der Waals surface area contributed by atoms with Crippen molar-refractivity contribution in [2.45, 2.75) is 52.6 Å². The summed E-state index contributed by atoms with van der Waals surface area (Å²) in [6.07, 6.45) is -0.814. The summed E-state index contributed by atoms with van der Waals surface area (Å²) in [5.41, 5.74) is 2.30. The molecule has 1 saturated heterocycles. The van der Waals surface area contributed by atoms with Crippen LogP contribution in [0.5, 0.6) is 0 Å². The molecular weight excluding hydrogens is 276 g/mol. The lowest BCUT2D eigenvalue weighted by Crippen LogP contribution is -2.52. The van der Waals surface area contributed by atoms with Crippen molar-refractivity contribution in [1.29, 1.82) is 0 Å². The Morgan fingerprint density at radius 3 is 2.00 bits per heavy atom. The zero-order valence-electron chi connectivity index (χ0n) is 14.5. The number of piperazine rings is 1. The van der Waals surface area contributed by atoms with Crippen LogP contribution >= 0.6 is 0 Å². The molecule has 22 heavy (non-hydrogen) atoms. The summed E-state index contributed by atoms with van der Waals surface area (Å²) in [7, 11) is 0. The van der Waals surface area contributed by atoms with Crippen LogP contribution in [0.1, 0.15) is 46.1 Å². The van der Waals surface area contributed by atoms with Gasteiger partial charge in [0, 0.05) is 31.9 Å². The van der Waals surface area contributed by atoms with Crippen LogP contribution in [0.2, 0.25) is 0 Å². The molecule has 1 aliphatic heterocycles. The van der Waals surface area contributed by atoms with E-state index < -0.39 is 6.41 Å². The van der Waals surface area contributed by atoms with Crippen LogP contribution in [0.4, 0.5) is 5.69 Å². The highest BCUT2D eigenvalue weighted by Gasteiger charge is 2.26. The van der Waals surface area contributed by atoms with Gasteiger partial charge in [0.25, 0.3) is 0 Å². The van der Waals surface area contributed by atoms with Gasteiger partial charge in [-0.15, -0.1) is 0 Å². The molecule has 0 radical (unpaired) electrons. The third kappa shape index (κ3) is 4.70. The number of nitrogens with zero attached hydrogens (tertiary/aromatic N) is 2. The smallest absolute Gasteiger partial charge is 0.216 e. The predicted molar refractivity (Wildman–Crippen MR) is 91.2 cm³/mol. The number of hydrogen-bond donors (Lipinski definition) is 1. The largest absolute Gasteiger partial charge is 0.369 e. The first-order chi connectivity index (χ1) is 10.3. The van der Waals surface area contributed by atoms with Gasteiger partial charge in [-0.2, -0.15) is 0 Å². The molecule has 1 aromatic carbocycles. The van der Waals surface area contributed by atoms with E-state index in [4.69, 9.17) is 4.74 Å². The molecule has 1 atom stereocenters. The van der Waals surface area contributed by atoms with Gasteiger partial charge >= 0.3 is 0 Å². The Bertz CT molecular complexity index is 457. The van der Waals surface area contributed by atoms with Crippen molar-refractivity contribution >= 4 is 5.69 Å². The molecule has 0 amide bonds. The maximum atomic E-state index is 10.1. The molecule has 1 unspecified atom stereocenters. The van der Waals surface area contributed by atoms with Gasteiger partial charge in [-0.3, -0.25) is 4.90 Å². The summed E-state index contributed by atoms with van der Waals surface area (Å²) in [6, 6.07) is 8.83. The maximum Gasteiger partial charge on any atom is 0.216 e. The monoisotopic (exact) mass is 306 g/mol. The summed E-state index contributed by atoms with van der Waals surface area (Å²) in [6.45, 7) is 13.7. The van der Waals surface area contributed by atoms with E-state index in [0.717, 1.165) is 26.2 Å².